The Balaban J connectivity index is 3.01. The number of nitrogens with one attached hydrogen (secondary N) is 2. The van der Waals surface area contributed by atoms with E-state index in [-0.39, 0.29) is 0 Å². The minimum atomic E-state index is 0.509. The van der Waals surface area contributed by atoms with Gasteiger partial charge in [-0.2, -0.15) is 4.98 Å². The Morgan fingerprint density at radius 1 is 1.62 bits per heavy atom. The zero-order valence-electron chi connectivity index (χ0n) is 4.26. The first-order valence-electron chi connectivity index (χ1n) is 2.01. The lowest BCUT2D eigenvalue weighted by Crippen LogP contribution is -1.68. The number of aromatic nitrogens is 3. The molecule has 0 aliphatic heterocycles. The van der Waals surface area contributed by atoms with E-state index >= 15 is 0 Å². The maximum atomic E-state index is 4.69. The molecule has 1 aromatic rings. The van der Waals surface area contributed by atoms with Crippen molar-refractivity contribution in [1.82, 2.24) is 15.2 Å². The van der Waals surface area contributed by atoms with E-state index in [9.17, 15) is 0 Å². The molecule has 1 aromatic heterocycles. The van der Waals surface area contributed by atoms with Crippen molar-refractivity contribution in [3.05, 3.63) is 4.77 Å². The number of hydrogen-bond acceptors (Lipinski definition) is 3. The number of nitrogens with zero attached hydrogens (tertiary/aromatic N) is 1. The second-order valence-electron chi connectivity index (χ2n) is 1.18. The van der Waals surface area contributed by atoms with Gasteiger partial charge in [-0.15, -0.1) is 0 Å². The molecule has 1 heterocycles. The van der Waals surface area contributed by atoms with Crippen LogP contribution in [0.25, 0.3) is 0 Å². The number of aromatic amines is 2. The highest BCUT2D eigenvalue weighted by atomic mass is 32.2. The molecule has 0 amide bonds. The molecular formula is C3H5N3S2. The number of thioether (sulfide) groups is 1. The van der Waals surface area contributed by atoms with Crippen molar-refractivity contribution >= 4 is 24.0 Å². The average molecular weight is 147 g/mol. The van der Waals surface area contributed by atoms with Gasteiger partial charge in [0, 0.05) is 0 Å². The number of H-pyrrole nitrogens is 2. The molecule has 1 rings (SSSR count). The van der Waals surface area contributed by atoms with Crippen molar-refractivity contribution in [3.8, 4) is 0 Å². The molecule has 2 N–H and O–H groups in total. The predicted octanol–water partition coefficient (Wildman–Crippen LogP) is 1.19. The lowest BCUT2D eigenvalue weighted by molar-refractivity contribution is 0.975. The van der Waals surface area contributed by atoms with Gasteiger partial charge in [-0.1, -0.05) is 11.8 Å². The Bertz CT molecular complexity index is 212. The predicted molar refractivity (Wildman–Crippen MR) is 35.6 cm³/mol. The van der Waals surface area contributed by atoms with Gasteiger partial charge in [0.25, 0.3) is 0 Å². The maximum absolute atomic E-state index is 4.69. The molecule has 0 aliphatic rings. The summed E-state index contributed by atoms with van der Waals surface area (Å²) in [6, 6.07) is 0. The van der Waals surface area contributed by atoms with Crippen LogP contribution in [-0.4, -0.2) is 21.4 Å². The van der Waals surface area contributed by atoms with Gasteiger partial charge in [0.2, 0.25) is 4.77 Å². The van der Waals surface area contributed by atoms with Crippen molar-refractivity contribution in [2.45, 2.75) is 5.16 Å². The molecule has 0 unspecified atom stereocenters. The van der Waals surface area contributed by atoms with E-state index in [1.807, 2.05) is 6.26 Å². The summed E-state index contributed by atoms with van der Waals surface area (Å²) in [7, 11) is 0. The fraction of sp³-hybridized carbons (Fsp3) is 0.333. The lowest BCUT2D eigenvalue weighted by atomic mass is 11.3. The summed E-state index contributed by atoms with van der Waals surface area (Å²) in [5, 5.41) is 6.28. The Hall–Kier alpha value is -0.290. The molecule has 0 fully saturated rings. The van der Waals surface area contributed by atoms with Crippen LogP contribution in [0.2, 0.25) is 0 Å². The number of hydrogen-bond donors (Lipinski definition) is 2. The van der Waals surface area contributed by atoms with Crippen LogP contribution in [0, 0.1) is 4.77 Å². The fourth-order valence-electron chi connectivity index (χ4n) is 0.352. The van der Waals surface area contributed by atoms with Crippen molar-refractivity contribution in [2.24, 2.45) is 0 Å². The Labute approximate surface area is 55.9 Å². The first-order valence-corrected chi connectivity index (χ1v) is 3.65. The third-order valence-corrected chi connectivity index (χ3v) is 1.45. The smallest absolute Gasteiger partial charge is 0.214 e. The quantitative estimate of drug-likeness (QED) is 0.463. The summed E-state index contributed by atoms with van der Waals surface area (Å²) >= 11 is 6.21. The van der Waals surface area contributed by atoms with E-state index in [1.165, 1.54) is 11.8 Å². The minimum absolute atomic E-state index is 0.509. The van der Waals surface area contributed by atoms with Crippen LogP contribution < -0.4 is 0 Å². The molecule has 5 heteroatoms. The molecule has 0 saturated heterocycles. The van der Waals surface area contributed by atoms with Gasteiger partial charge in [-0.25, -0.2) is 0 Å². The first kappa shape index (κ1) is 5.84. The zero-order valence-corrected chi connectivity index (χ0v) is 5.90. The highest BCUT2D eigenvalue weighted by molar-refractivity contribution is 7.98. The Morgan fingerprint density at radius 3 is 2.62 bits per heavy atom. The fourth-order valence-corrected chi connectivity index (χ4v) is 0.888. The van der Waals surface area contributed by atoms with Crippen LogP contribution in [-0.2, 0) is 0 Å². The third kappa shape index (κ3) is 1.10. The van der Waals surface area contributed by atoms with E-state index in [0.717, 1.165) is 5.16 Å². The van der Waals surface area contributed by atoms with Crippen molar-refractivity contribution in [3.63, 3.8) is 0 Å². The van der Waals surface area contributed by atoms with Crippen LogP contribution in [0.15, 0.2) is 5.16 Å². The number of rotatable bonds is 1. The summed E-state index contributed by atoms with van der Waals surface area (Å²) in [6.07, 6.45) is 1.93. The zero-order chi connectivity index (χ0) is 5.98. The van der Waals surface area contributed by atoms with Crippen molar-refractivity contribution < 1.29 is 0 Å². The topological polar surface area (TPSA) is 44.5 Å². The van der Waals surface area contributed by atoms with E-state index in [4.69, 9.17) is 0 Å². The van der Waals surface area contributed by atoms with E-state index in [1.54, 1.807) is 0 Å². The molecule has 8 heavy (non-hydrogen) atoms. The monoisotopic (exact) mass is 147 g/mol. The van der Waals surface area contributed by atoms with Crippen LogP contribution in [0.1, 0.15) is 0 Å². The summed E-state index contributed by atoms with van der Waals surface area (Å²) in [5.41, 5.74) is 0. The van der Waals surface area contributed by atoms with E-state index < -0.39 is 0 Å². The third-order valence-electron chi connectivity index (χ3n) is 0.673. The highest BCUT2D eigenvalue weighted by Crippen LogP contribution is 2.03. The summed E-state index contributed by atoms with van der Waals surface area (Å²) < 4.78 is 0.509. The molecular weight excluding hydrogens is 142 g/mol. The minimum Gasteiger partial charge on any atom is -0.277 e. The largest absolute Gasteiger partial charge is 0.277 e. The van der Waals surface area contributed by atoms with Crippen LogP contribution in [0.3, 0.4) is 0 Å². The molecule has 0 atom stereocenters. The van der Waals surface area contributed by atoms with E-state index in [0.29, 0.717) is 4.77 Å². The Morgan fingerprint density at radius 2 is 2.38 bits per heavy atom. The highest BCUT2D eigenvalue weighted by Gasteiger charge is 1.87. The second kappa shape index (κ2) is 2.32. The molecule has 3 nitrogen and oxygen atoms in total. The maximum Gasteiger partial charge on any atom is 0.214 e. The van der Waals surface area contributed by atoms with Gasteiger partial charge in [0.1, 0.15) is 0 Å². The van der Waals surface area contributed by atoms with Gasteiger partial charge < -0.3 is 0 Å². The lowest BCUT2D eigenvalue weighted by Gasteiger charge is -1.77. The summed E-state index contributed by atoms with van der Waals surface area (Å²) in [6.45, 7) is 0. The van der Waals surface area contributed by atoms with Crippen molar-refractivity contribution in [2.75, 3.05) is 6.26 Å². The van der Waals surface area contributed by atoms with Gasteiger partial charge in [-0.3, -0.25) is 10.2 Å². The van der Waals surface area contributed by atoms with Gasteiger partial charge in [0.15, 0.2) is 5.16 Å². The molecule has 0 saturated carbocycles. The Kier molecular flexibility index (Phi) is 1.69. The molecule has 0 aromatic carbocycles. The molecule has 0 radical (unpaired) electrons. The summed E-state index contributed by atoms with van der Waals surface area (Å²) in [5.74, 6) is 0. The normalized spacial score (nSPS) is 9.62. The van der Waals surface area contributed by atoms with Crippen molar-refractivity contribution in [1.29, 1.82) is 0 Å². The van der Waals surface area contributed by atoms with Crippen LogP contribution in [0.4, 0.5) is 0 Å². The van der Waals surface area contributed by atoms with E-state index in [2.05, 4.69) is 27.4 Å². The average Bonchev–Trinajstić information content (AvgIpc) is 2.14. The molecule has 0 spiro atoms. The van der Waals surface area contributed by atoms with Crippen LogP contribution >= 0.6 is 24.0 Å². The molecule has 0 aliphatic carbocycles. The first-order chi connectivity index (χ1) is 3.83. The van der Waals surface area contributed by atoms with Gasteiger partial charge >= 0.3 is 0 Å². The summed E-state index contributed by atoms with van der Waals surface area (Å²) in [4.78, 5) is 3.90. The molecule has 44 valence electrons. The van der Waals surface area contributed by atoms with Crippen LogP contribution in [0.5, 0.6) is 0 Å². The molecule has 0 bridgehead atoms. The standard InChI is InChI=1S/C3H5N3S2/c1-8-3-4-2(7)5-6-3/h1H3,(H2,4,5,6,7). The second-order valence-corrected chi connectivity index (χ2v) is 2.36. The van der Waals surface area contributed by atoms with Gasteiger partial charge in [0.05, 0.1) is 0 Å². The van der Waals surface area contributed by atoms with Gasteiger partial charge in [-0.05, 0) is 18.5 Å². The SMILES string of the molecule is CSc1nc(=S)[nH][nH]1.